The Morgan fingerprint density at radius 1 is 1.08 bits per heavy atom. The fourth-order valence-electron chi connectivity index (χ4n) is 3.19. The van der Waals surface area contributed by atoms with Gasteiger partial charge >= 0.3 is 0 Å². The Bertz CT molecular complexity index is 936. The lowest BCUT2D eigenvalue weighted by atomic mass is 10.0. The van der Waals surface area contributed by atoms with E-state index in [1.54, 1.807) is 6.07 Å². The topological polar surface area (TPSA) is 29.9 Å². The largest absolute Gasteiger partial charge is 0.370 e. The first kappa shape index (κ1) is 17.2. The third-order valence-electron chi connectivity index (χ3n) is 4.39. The number of anilines is 1. The van der Waals surface area contributed by atoms with Gasteiger partial charge in [0.1, 0.15) is 5.82 Å². The summed E-state index contributed by atoms with van der Waals surface area (Å²) in [5, 5.41) is 9.77. The molecule has 6 heteroatoms. The highest BCUT2D eigenvalue weighted by Crippen LogP contribution is 2.37. The van der Waals surface area contributed by atoms with Crippen molar-refractivity contribution in [2.75, 3.05) is 11.9 Å². The fraction of sp³-hybridized carbons (Fsp3) is 0.211. The number of nitrogens with zero attached hydrogens (tertiary/aromatic N) is 2. The number of benzene rings is 2. The van der Waals surface area contributed by atoms with Crippen LogP contribution in [-0.4, -0.2) is 16.3 Å². The van der Waals surface area contributed by atoms with Crippen molar-refractivity contribution in [2.45, 2.75) is 19.3 Å². The van der Waals surface area contributed by atoms with Gasteiger partial charge in [-0.15, -0.1) is 0 Å². The van der Waals surface area contributed by atoms with Crippen molar-refractivity contribution in [3.8, 4) is 16.9 Å². The second-order valence-electron chi connectivity index (χ2n) is 6.05. The summed E-state index contributed by atoms with van der Waals surface area (Å²) in [6, 6.07) is 13.8. The minimum absolute atomic E-state index is 0.634. The van der Waals surface area contributed by atoms with Crippen molar-refractivity contribution in [3.63, 3.8) is 0 Å². The predicted molar refractivity (Wildman–Crippen MR) is 113 cm³/mol. The SMILES string of the molecule is Clc1ccc(Cl)c(-n2nc(-c3ccccc3I)c3c2NCCCC3)c1. The molecule has 4 rings (SSSR count). The van der Waals surface area contributed by atoms with E-state index in [9.17, 15) is 0 Å². The average molecular weight is 484 g/mol. The zero-order chi connectivity index (χ0) is 17.4. The Hall–Kier alpha value is -1.24. The van der Waals surface area contributed by atoms with E-state index in [1.807, 2.05) is 22.9 Å². The van der Waals surface area contributed by atoms with E-state index in [-0.39, 0.29) is 0 Å². The standard InChI is InChI=1S/C19H16Cl2IN3/c20-12-8-9-15(21)17(11-12)25-19-14(6-3-4-10-23-19)18(24-25)13-5-1-2-7-16(13)22/h1-2,5,7-9,11,23H,3-4,6,10H2. The van der Waals surface area contributed by atoms with Crippen LogP contribution in [0.2, 0.25) is 10.0 Å². The summed E-state index contributed by atoms with van der Waals surface area (Å²) < 4.78 is 3.10. The van der Waals surface area contributed by atoms with Gasteiger partial charge in [-0.1, -0.05) is 41.4 Å². The second kappa shape index (κ2) is 7.17. The van der Waals surface area contributed by atoms with E-state index in [2.05, 4.69) is 46.1 Å². The summed E-state index contributed by atoms with van der Waals surface area (Å²) >= 11 is 15.0. The zero-order valence-electron chi connectivity index (χ0n) is 13.4. The van der Waals surface area contributed by atoms with E-state index in [0.717, 1.165) is 48.6 Å². The maximum absolute atomic E-state index is 6.45. The summed E-state index contributed by atoms with van der Waals surface area (Å²) in [5.41, 5.74) is 4.22. The molecule has 0 amide bonds. The zero-order valence-corrected chi connectivity index (χ0v) is 17.1. The van der Waals surface area contributed by atoms with Gasteiger partial charge in [0, 0.05) is 26.3 Å². The monoisotopic (exact) mass is 483 g/mol. The van der Waals surface area contributed by atoms with Crippen molar-refractivity contribution in [3.05, 3.63) is 61.6 Å². The molecule has 0 aliphatic carbocycles. The number of nitrogens with one attached hydrogen (secondary N) is 1. The van der Waals surface area contributed by atoms with E-state index < -0.39 is 0 Å². The molecule has 0 fully saturated rings. The van der Waals surface area contributed by atoms with Crippen LogP contribution in [-0.2, 0) is 6.42 Å². The Morgan fingerprint density at radius 2 is 1.92 bits per heavy atom. The predicted octanol–water partition coefficient (Wildman–Crippen LogP) is 6.20. The molecule has 25 heavy (non-hydrogen) atoms. The molecule has 1 aromatic heterocycles. The Balaban J connectivity index is 1.97. The van der Waals surface area contributed by atoms with Crippen LogP contribution in [0.25, 0.3) is 16.9 Å². The van der Waals surface area contributed by atoms with Crippen LogP contribution in [0.4, 0.5) is 5.82 Å². The number of aromatic nitrogens is 2. The Kier molecular flexibility index (Phi) is 4.93. The quantitative estimate of drug-likeness (QED) is 0.440. The van der Waals surface area contributed by atoms with Gasteiger partial charge in [-0.05, 0) is 66.1 Å². The summed E-state index contributed by atoms with van der Waals surface area (Å²) in [7, 11) is 0. The highest BCUT2D eigenvalue weighted by atomic mass is 127. The van der Waals surface area contributed by atoms with Crippen molar-refractivity contribution < 1.29 is 0 Å². The lowest BCUT2D eigenvalue weighted by Gasteiger charge is -2.11. The maximum atomic E-state index is 6.45. The van der Waals surface area contributed by atoms with Gasteiger partial charge in [0.05, 0.1) is 16.4 Å². The number of hydrogen-bond acceptors (Lipinski definition) is 2. The van der Waals surface area contributed by atoms with Gasteiger partial charge < -0.3 is 5.32 Å². The minimum atomic E-state index is 0.634. The third kappa shape index (κ3) is 3.27. The Morgan fingerprint density at radius 3 is 2.76 bits per heavy atom. The molecule has 0 spiro atoms. The lowest BCUT2D eigenvalue weighted by molar-refractivity contribution is 0.780. The first-order chi connectivity index (χ1) is 12.1. The molecule has 1 aliphatic rings. The van der Waals surface area contributed by atoms with Crippen LogP contribution >= 0.6 is 45.8 Å². The van der Waals surface area contributed by atoms with Crippen molar-refractivity contribution in [1.29, 1.82) is 0 Å². The van der Waals surface area contributed by atoms with Gasteiger partial charge in [-0.3, -0.25) is 0 Å². The fourth-order valence-corrected chi connectivity index (χ4v) is 4.20. The van der Waals surface area contributed by atoms with Crippen molar-refractivity contribution >= 4 is 51.6 Å². The summed E-state index contributed by atoms with van der Waals surface area (Å²) in [5.74, 6) is 1.02. The number of halogens is 3. The summed E-state index contributed by atoms with van der Waals surface area (Å²) in [4.78, 5) is 0. The molecule has 0 unspecified atom stereocenters. The lowest BCUT2D eigenvalue weighted by Crippen LogP contribution is -2.07. The molecule has 1 aliphatic heterocycles. The highest BCUT2D eigenvalue weighted by molar-refractivity contribution is 14.1. The number of fused-ring (bicyclic) bond motifs is 1. The van der Waals surface area contributed by atoms with Gasteiger partial charge in [-0.2, -0.15) is 5.10 Å². The smallest absolute Gasteiger partial charge is 0.133 e. The van der Waals surface area contributed by atoms with Crippen LogP contribution < -0.4 is 5.32 Å². The third-order valence-corrected chi connectivity index (χ3v) is 5.89. The second-order valence-corrected chi connectivity index (χ2v) is 8.05. The molecule has 3 nitrogen and oxygen atoms in total. The molecule has 0 saturated heterocycles. The van der Waals surface area contributed by atoms with Crippen LogP contribution in [0.3, 0.4) is 0 Å². The van der Waals surface area contributed by atoms with Crippen molar-refractivity contribution in [2.24, 2.45) is 0 Å². The average Bonchev–Trinajstić information content (AvgIpc) is 2.79. The molecule has 0 atom stereocenters. The Labute approximate surface area is 170 Å². The molecule has 3 aromatic rings. The molecule has 0 bridgehead atoms. The maximum Gasteiger partial charge on any atom is 0.133 e. The normalized spacial score (nSPS) is 13.9. The molecular weight excluding hydrogens is 468 g/mol. The molecule has 128 valence electrons. The molecule has 0 radical (unpaired) electrons. The van der Waals surface area contributed by atoms with E-state index in [4.69, 9.17) is 28.3 Å². The summed E-state index contributed by atoms with van der Waals surface area (Å²) in [6.07, 6.45) is 3.29. The molecule has 1 N–H and O–H groups in total. The minimum Gasteiger partial charge on any atom is -0.370 e. The first-order valence-corrected chi connectivity index (χ1v) is 10.0. The van der Waals surface area contributed by atoms with E-state index in [1.165, 1.54) is 9.13 Å². The van der Waals surface area contributed by atoms with Gasteiger partial charge in [0.2, 0.25) is 0 Å². The van der Waals surface area contributed by atoms with Crippen LogP contribution in [0, 0.1) is 3.57 Å². The molecule has 2 heterocycles. The first-order valence-electron chi connectivity index (χ1n) is 8.21. The van der Waals surface area contributed by atoms with E-state index in [0.29, 0.717) is 10.0 Å². The highest BCUT2D eigenvalue weighted by Gasteiger charge is 2.23. The van der Waals surface area contributed by atoms with Crippen LogP contribution in [0.1, 0.15) is 18.4 Å². The number of rotatable bonds is 2. The van der Waals surface area contributed by atoms with Gasteiger partial charge in [0.25, 0.3) is 0 Å². The molecular formula is C19H16Cl2IN3. The van der Waals surface area contributed by atoms with Gasteiger partial charge in [0.15, 0.2) is 0 Å². The van der Waals surface area contributed by atoms with E-state index >= 15 is 0 Å². The molecule has 0 saturated carbocycles. The van der Waals surface area contributed by atoms with Crippen LogP contribution in [0.5, 0.6) is 0 Å². The van der Waals surface area contributed by atoms with Gasteiger partial charge in [-0.25, -0.2) is 4.68 Å². The number of hydrogen-bond donors (Lipinski definition) is 1. The summed E-state index contributed by atoms with van der Waals surface area (Å²) in [6.45, 7) is 0.933. The van der Waals surface area contributed by atoms with Crippen molar-refractivity contribution in [1.82, 2.24) is 9.78 Å². The van der Waals surface area contributed by atoms with Crippen LogP contribution in [0.15, 0.2) is 42.5 Å². The molecule has 2 aromatic carbocycles.